The average molecular weight is 578 g/mol. The average Bonchev–Trinajstić information content (AvgIpc) is 3.24. The third-order valence-electron chi connectivity index (χ3n) is 6.75. The Morgan fingerprint density at radius 3 is 2.32 bits per heavy atom. The molecule has 0 N–H and O–H groups in total. The van der Waals surface area contributed by atoms with Gasteiger partial charge in [0, 0.05) is 30.8 Å². The Labute approximate surface area is 225 Å². The zero-order chi connectivity index (χ0) is 26.9. The molecule has 2 heterocycles. The molecule has 8 nitrogen and oxygen atoms in total. The van der Waals surface area contributed by atoms with Crippen LogP contribution in [-0.4, -0.2) is 70.7 Å². The van der Waals surface area contributed by atoms with Crippen molar-refractivity contribution >= 4 is 33.5 Å². The van der Waals surface area contributed by atoms with Crippen molar-refractivity contribution in [3.8, 4) is 17.2 Å². The van der Waals surface area contributed by atoms with Crippen LogP contribution in [0.1, 0.15) is 47.8 Å². The molecule has 1 fully saturated rings. The Kier molecular flexibility index (Phi) is 7.99. The maximum atomic E-state index is 15.4. The van der Waals surface area contributed by atoms with Crippen LogP contribution in [0.3, 0.4) is 0 Å². The van der Waals surface area contributed by atoms with Crippen molar-refractivity contribution in [3.63, 3.8) is 0 Å². The lowest BCUT2D eigenvalue weighted by atomic mass is 9.84. The number of halogens is 2. The highest BCUT2D eigenvalue weighted by Crippen LogP contribution is 2.42. The topological polar surface area (TPSA) is 72.8 Å². The van der Waals surface area contributed by atoms with Gasteiger partial charge >= 0.3 is 0 Å². The lowest BCUT2D eigenvalue weighted by Crippen LogP contribution is -2.37. The number of benzene rings is 2. The molecule has 0 aliphatic carbocycles. The summed E-state index contributed by atoms with van der Waals surface area (Å²) in [6.07, 6.45) is 0. The summed E-state index contributed by atoms with van der Waals surface area (Å²) in [5.41, 5.74) is 3.09. The van der Waals surface area contributed by atoms with Gasteiger partial charge in [0.2, 0.25) is 0 Å². The largest absolute Gasteiger partial charge is 0.494 e. The van der Waals surface area contributed by atoms with Gasteiger partial charge in [-0.15, -0.1) is 0 Å². The van der Waals surface area contributed by atoms with E-state index >= 15 is 4.39 Å². The molecule has 1 saturated heterocycles. The number of methoxy groups -OCH3 is 3. The van der Waals surface area contributed by atoms with Crippen molar-refractivity contribution in [2.75, 3.05) is 59.1 Å². The van der Waals surface area contributed by atoms with Crippen LogP contribution in [0.2, 0.25) is 0 Å². The van der Waals surface area contributed by atoms with E-state index in [9.17, 15) is 4.79 Å². The van der Waals surface area contributed by atoms with Gasteiger partial charge in [0.05, 0.1) is 68.5 Å². The van der Waals surface area contributed by atoms with Crippen molar-refractivity contribution in [3.05, 3.63) is 46.3 Å². The van der Waals surface area contributed by atoms with E-state index in [1.165, 1.54) is 14.2 Å². The number of hydrogen-bond acceptors (Lipinski definition) is 7. The first-order valence-corrected chi connectivity index (χ1v) is 12.8. The van der Waals surface area contributed by atoms with Crippen molar-refractivity contribution in [1.82, 2.24) is 4.90 Å². The number of amidine groups is 1. The van der Waals surface area contributed by atoms with Crippen LogP contribution < -0.4 is 19.1 Å². The normalized spacial score (nSPS) is 16.7. The third kappa shape index (κ3) is 5.13. The van der Waals surface area contributed by atoms with E-state index in [1.807, 2.05) is 12.1 Å². The van der Waals surface area contributed by atoms with Crippen LogP contribution in [-0.2, 0) is 16.7 Å². The second-order valence-electron chi connectivity index (χ2n) is 10.1. The van der Waals surface area contributed by atoms with Crippen molar-refractivity contribution in [1.29, 1.82) is 0 Å². The molecule has 0 bridgehead atoms. The zero-order valence-corrected chi connectivity index (χ0v) is 23.7. The van der Waals surface area contributed by atoms with Crippen LogP contribution >= 0.6 is 16.1 Å². The van der Waals surface area contributed by atoms with Gasteiger partial charge in [-0.1, -0.05) is 20.8 Å². The number of nitrogens with zero attached hydrogens (tertiary/aromatic N) is 3. The van der Waals surface area contributed by atoms with Crippen LogP contribution in [0.25, 0.3) is 0 Å². The molecular formula is C27H33BrFN3O5. The summed E-state index contributed by atoms with van der Waals surface area (Å²) in [6, 6.07) is 5.52. The summed E-state index contributed by atoms with van der Waals surface area (Å²) >= 11 is 3.13. The number of anilines is 1. The number of hydrogen-bond donors (Lipinski definition) is 0. The first kappa shape index (κ1) is 27.2. The number of ketones is 1. The summed E-state index contributed by atoms with van der Waals surface area (Å²) in [6.45, 7) is 9.26. The summed E-state index contributed by atoms with van der Waals surface area (Å²) < 4.78 is 41.5. The van der Waals surface area contributed by atoms with Crippen LogP contribution in [0.4, 0.5) is 10.1 Å². The molecule has 37 heavy (non-hydrogen) atoms. The van der Waals surface area contributed by atoms with Crippen LogP contribution in [0, 0.1) is 5.82 Å². The van der Waals surface area contributed by atoms with E-state index in [0.29, 0.717) is 61.1 Å². The number of fused-ring (bicyclic) bond motifs is 1. The molecule has 0 spiro atoms. The fourth-order valence-electron chi connectivity index (χ4n) is 4.88. The molecule has 200 valence electrons. The number of Topliss-reactive ketones (excluding diaryl/α,β-unsaturated/α-hetero) is 1. The molecule has 2 aromatic carbocycles. The van der Waals surface area contributed by atoms with E-state index < -0.39 is 5.82 Å². The molecule has 0 saturated carbocycles. The fourth-order valence-corrected chi connectivity index (χ4v) is 5.28. The smallest absolute Gasteiger partial charge is 0.197 e. The minimum atomic E-state index is -0.570. The Hall–Kier alpha value is -2.85. The highest BCUT2D eigenvalue weighted by atomic mass is 79.9. The maximum absolute atomic E-state index is 15.4. The zero-order valence-electron chi connectivity index (χ0n) is 22.1. The van der Waals surface area contributed by atoms with Crippen molar-refractivity contribution < 1.29 is 28.1 Å². The molecule has 0 radical (unpaired) electrons. The monoisotopic (exact) mass is 577 g/mol. The molecule has 4 rings (SSSR count). The number of rotatable bonds is 7. The van der Waals surface area contributed by atoms with Crippen LogP contribution in [0.5, 0.6) is 17.2 Å². The minimum absolute atomic E-state index is 0.00297. The SMILES string of the molecule is COc1cc2c(c(F)c1OC)/C(=N/Br)N(CC(=O)c1cc(N3CCOCC3)c(OC)c(C(C)(C)C)c1)C2. The number of morpholine rings is 1. The van der Waals surface area contributed by atoms with Gasteiger partial charge in [-0.3, -0.25) is 4.79 Å². The van der Waals surface area contributed by atoms with E-state index in [1.54, 1.807) is 18.1 Å². The molecule has 0 aromatic heterocycles. The van der Waals surface area contributed by atoms with Gasteiger partial charge in [-0.2, -0.15) is 4.02 Å². The predicted molar refractivity (Wildman–Crippen MR) is 144 cm³/mol. The van der Waals surface area contributed by atoms with E-state index in [4.69, 9.17) is 18.9 Å². The Balaban J connectivity index is 1.71. The van der Waals surface area contributed by atoms with Gasteiger partial charge in [0.25, 0.3) is 0 Å². The maximum Gasteiger partial charge on any atom is 0.197 e. The summed E-state index contributed by atoms with van der Waals surface area (Å²) in [7, 11) is 4.51. The molecule has 0 amide bonds. The van der Waals surface area contributed by atoms with Gasteiger partial charge < -0.3 is 28.7 Å². The summed E-state index contributed by atoms with van der Waals surface area (Å²) in [4.78, 5) is 17.7. The number of ether oxygens (including phenoxy) is 4. The Bertz CT molecular complexity index is 1220. The minimum Gasteiger partial charge on any atom is -0.494 e. The summed E-state index contributed by atoms with van der Waals surface area (Å²) in [5.74, 6) is 0.718. The van der Waals surface area contributed by atoms with E-state index in [0.717, 1.165) is 17.0 Å². The third-order valence-corrected chi connectivity index (χ3v) is 7.08. The molecule has 0 unspecified atom stereocenters. The van der Waals surface area contributed by atoms with Crippen molar-refractivity contribution in [2.45, 2.75) is 32.7 Å². The second kappa shape index (κ2) is 10.9. The van der Waals surface area contributed by atoms with E-state index in [2.05, 4.69) is 45.8 Å². The second-order valence-corrected chi connectivity index (χ2v) is 10.4. The fraction of sp³-hybridized carbons (Fsp3) is 0.481. The van der Waals surface area contributed by atoms with Gasteiger partial charge in [-0.05, 0) is 29.2 Å². The van der Waals surface area contributed by atoms with Crippen LogP contribution in [0.15, 0.2) is 22.2 Å². The molecular weight excluding hydrogens is 545 g/mol. The van der Waals surface area contributed by atoms with E-state index in [-0.39, 0.29) is 23.5 Å². The van der Waals surface area contributed by atoms with Gasteiger partial charge in [0.1, 0.15) is 11.6 Å². The van der Waals surface area contributed by atoms with Gasteiger partial charge in [-0.25, -0.2) is 4.39 Å². The summed E-state index contributed by atoms with van der Waals surface area (Å²) in [5, 5.41) is 0. The first-order valence-electron chi connectivity index (χ1n) is 12.1. The molecule has 2 aromatic rings. The molecule has 2 aliphatic rings. The molecule has 0 atom stereocenters. The Morgan fingerprint density at radius 2 is 1.76 bits per heavy atom. The van der Waals surface area contributed by atoms with Crippen molar-refractivity contribution in [2.24, 2.45) is 4.02 Å². The van der Waals surface area contributed by atoms with Gasteiger partial charge in [0.15, 0.2) is 23.1 Å². The molecule has 2 aliphatic heterocycles. The Morgan fingerprint density at radius 1 is 1.08 bits per heavy atom. The highest BCUT2D eigenvalue weighted by molar-refractivity contribution is 9.08. The predicted octanol–water partition coefficient (Wildman–Crippen LogP) is 4.74. The number of carbonyl (C=O) groups is 1. The number of carbonyl (C=O) groups excluding carboxylic acids is 1. The standard InChI is InChI=1S/C27H33BrFN3O5/c1-27(2,3)18-11-16(12-19(24(18)35-5)31-7-9-37-10-8-31)20(33)15-32-14-17-13-21(34-4)25(36-6)23(29)22(17)26(32)30-28/h11-13H,7-10,14-15H2,1-6H3/b30-26-. The lowest BCUT2D eigenvalue weighted by Gasteiger charge is -2.33. The lowest BCUT2D eigenvalue weighted by molar-refractivity contribution is 0.0963. The highest BCUT2D eigenvalue weighted by Gasteiger charge is 2.34. The first-order chi connectivity index (χ1) is 17.6. The molecule has 10 heteroatoms. The quantitative estimate of drug-likeness (QED) is 0.440.